The molecule has 148 valence electrons. The quantitative estimate of drug-likeness (QED) is 0.395. The first-order valence-electron chi connectivity index (χ1n) is 10.2. The molecule has 4 rings (SSSR count). The van der Waals surface area contributed by atoms with Crippen molar-refractivity contribution >= 4 is 17.3 Å². The Morgan fingerprint density at radius 3 is 2.57 bits per heavy atom. The Morgan fingerprint density at radius 2 is 1.87 bits per heavy atom. The minimum atomic E-state index is 0.674. The number of carbonyl (C=O) groups excluding carboxylic acids is 1. The van der Waals surface area contributed by atoms with Gasteiger partial charge in [-0.1, -0.05) is 49.4 Å². The second kappa shape index (κ2) is 8.34. The van der Waals surface area contributed by atoms with Crippen LogP contribution in [0.1, 0.15) is 46.2 Å². The average molecular weight is 393 g/mol. The fourth-order valence-corrected chi connectivity index (χ4v) is 3.93. The van der Waals surface area contributed by atoms with Crippen LogP contribution in [0.4, 0.5) is 0 Å². The van der Waals surface area contributed by atoms with Crippen molar-refractivity contribution in [1.82, 2.24) is 9.55 Å². The summed E-state index contributed by atoms with van der Waals surface area (Å²) in [6.07, 6.45) is 2.79. The molecule has 1 aromatic heterocycles. The minimum absolute atomic E-state index is 0.674. The molecule has 0 saturated heterocycles. The van der Waals surface area contributed by atoms with Crippen LogP contribution in [-0.2, 0) is 13.0 Å². The van der Waals surface area contributed by atoms with Gasteiger partial charge >= 0.3 is 0 Å². The maximum Gasteiger partial charge on any atom is 0.150 e. The van der Waals surface area contributed by atoms with E-state index in [-0.39, 0.29) is 0 Å². The Balaban J connectivity index is 1.73. The number of aromatic nitrogens is 2. The Morgan fingerprint density at radius 1 is 1.10 bits per heavy atom. The highest BCUT2D eigenvalue weighted by Gasteiger charge is 2.14. The van der Waals surface area contributed by atoms with E-state index in [1.54, 1.807) is 0 Å². The molecule has 1 heterocycles. The number of carbonyl (C=O) groups is 1. The molecule has 0 spiro atoms. The molecule has 0 unspecified atom stereocenters. The van der Waals surface area contributed by atoms with E-state index in [0.717, 1.165) is 58.2 Å². The molecule has 30 heavy (non-hydrogen) atoms. The average Bonchev–Trinajstić information content (AvgIpc) is 3.12. The van der Waals surface area contributed by atoms with Crippen LogP contribution in [0.5, 0.6) is 0 Å². The number of imidazole rings is 1. The largest absolute Gasteiger partial charge is 0.323 e. The van der Waals surface area contributed by atoms with Crippen LogP contribution >= 0.6 is 0 Å². The molecular formula is C26H23N3O. The zero-order valence-electron chi connectivity index (χ0n) is 17.2. The number of benzene rings is 3. The first-order valence-corrected chi connectivity index (χ1v) is 10.2. The summed E-state index contributed by atoms with van der Waals surface area (Å²) in [5.74, 6) is 1.04. The fourth-order valence-electron chi connectivity index (χ4n) is 3.93. The predicted octanol–water partition coefficient (Wildman–Crippen LogP) is 5.70. The molecule has 4 nitrogen and oxygen atoms in total. The van der Waals surface area contributed by atoms with Crippen LogP contribution < -0.4 is 0 Å². The van der Waals surface area contributed by atoms with Gasteiger partial charge in [0.25, 0.3) is 0 Å². The Hall–Kier alpha value is -3.71. The molecule has 0 radical (unpaired) electrons. The van der Waals surface area contributed by atoms with Crippen molar-refractivity contribution in [2.45, 2.75) is 33.2 Å². The molecule has 0 saturated carbocycles. The van der Waals surface area contributed by atoms with Gasteiger partial charge in [0.05, 0.1) is 22.7 Å². The number of aryl methyl sites for hydroxylation is 2. The van der Waals surface area contributed by atoms with E-state index in [9.17, 15) is 10.1 Å². The van der Waals surface area contributed by atoms with Gasteiger partial charge in [-0.25, -0.2) is 4.98 Å². The molecule has 0 atom stereocenters. The number of fused-ring (bicyclic) bond motifs is 1. The number of rotatable bonds is 6. The van der Waals surface area contributed by atoms with Gasteiger partial charge in [-0.2, -0.15) is 5.26 Å². The van der Waals surface area contributed by atoms with Gasteiger partial charge in [-0.15, -0.1) is 0 Å². The van der Waals surface area contributed by atoms with Gasteiger partial charge in [0, 0.05) is 18.5 Å². The number of hydrogen-bond donors (Lipinski definition) is 0. The summed E-state index contributed by atoms with van der Waals surface area (Å²) in [6, 6.07) is 22.0. The summed E-state index contributed by atoms with van der Waals surface area (Å²) >= 11 is 0. The van der Waals surface area contributed by atoms with Gasteiger partial charge in [0.15, 0.2) is 0 Å². The van der Waals surface area contributed by atoms with Crippen molar-refractivity contribution in [3.05, 3.63) is 88.7 Å². The number of nitrogens with zero attached hydrogens (tertiary/aromatic N) is 3. The third-order valence-corrected chi connectivity index (χ3v) is 5.41. The van der Waals surface area contributed by atoms with Crippen molar-refractivity contribution in [1.29, 1.82) is 5.26 Å². The first kappa shape index (κ1) is 19.6. The SMILES string of the molecule is CCCc1nc2c(C)cc(C=O)cc2n1Cc1ccc(-c2ccccc2C#N)cc1. The van der Waals surface area contributed by atoms with Crippen LogP contribution in [-0.4, -0.2) is 15.8 Å². The lowest BCUT2D eigenvalue weighted by Gasteiger charge is -2.11. The molecule has 3 aromatic carbocycles. The van der Waals surface area contributed by atoms with Gasteiger partial charge in [0.2, 0.25) is 0 Å². The molecule has 4 aromatic rings. The summed E-state index contributed by atoms with van der Waals surface area (Å²) in [5, 5.41) is 9.37. The number of aldehydes is 1. The number of hydrogen-bond acceptors (Lipinski definition) is 3. The molecular weight excluding hydrogens is 370 g/mol. The molecule has 0 bridgehead atoms. The monoisotopic (exact) mass is 393 g/mol. The van der Waals surface area contributed by atoms with E-state index in [1.165, 1.54) is 0 Å². The van der Waals surface area contributed by atoms with Crippen LogP contribution in [0.3, 0.4) is 0 Å². The van der Waals surface area contributed by atoms with Crippen molar-refractivity contribution in [2.75, 3.05) is 0 Å². The number of nitriles is 1. The summed E-state index contributed by atoms with van der Waals surface area (Å²) in [6.45, 7) is 4.84. The second-order valence-electron chi connectivity index (χ2n) is 7.54. The molecule has 4 heteroatoms. The van der Waals surface area contributed by atoms with Crippen molar-refractivity contribution in [3.8, 4) is 17.2 Å². The third kappa shape index (κ3) is 3.62. The minimum Gasteiger partial charge on any atom is -0.323 e. The molecule has 0 aliphatic carbocycles. The van der Waals surface area contributed by atoms with Gasteiger partial charge in [-0.3, -0.25) is 4.79 Å². The highest BCUT2D eigenvalue weighted by atomic mass is 16.1. The highest BCUT2D eigenvalue weighted by Crippen LogP contribution is 2.26. The van der Waals surface area contributed by atoms with E-state index in [2.05, 4.69) is 41.8 Å². The Bertz CT molecular complexity index is 1260. The van der Waals surface area contributed by atoms with Gasteiger partial charge in [0.1, 0.15) is 12.1 Å². The summed E-state index contributed by atoms with van der Waals surface area (Å²) in [7, 11) is 0. The zero-order chi connectivity index (χ0) is 21.1. The van der Waals surface area contributed by atoms with Crippen LogP contribution in [0, 0.1) is 18.3 Å². The summed E-state index contributed by atoms with van der Waals surface area (Å²) in [4.78, 5) is 16.2. The van der Waals surface area contributed by atoms with Crippen molar-refractivity contribution in [3.63, 3.8) is 0 Å². The lowest BCUT2D eigenvalue weighted by molar-refractivity contribution is 0.112. The maximum absolute atomic E-state index is 11.4. The van der Waals surface area contributed by atoms with Gasteiger partial charge in [-0.05, 0) is 53.8 Å². The molecule has 0 fully saturated rings. The normalized spacial score (nSPS) is 10.8. The lowest BCUT2D eigenvalue weighted by atomic mass is 9.99. The van der Waals surface area contributed by atoms with E-state index in [1.807, 2.05) is 43.3 Å². The van der Waals surface area contributed by atoms with Gasteiger partial charge < -0.3 is 4.57 Å². The molecule has 0 N–H and O–H groups in total. The first-order chi connectivity index (χ1) is 14.6. The topological polar surface area (TPSA) is 58.7 Å². The Labute approximate surface area is 176 Å². The Kier molecular flexibility index (Phi) is 5.45. The van der Waals surface area contributed by atoms with E-state index in [4.69, 9.17) is 4.98 Å². The van der Waals surface area contributed by atoms with E-state index in [0.29, 0.717) is 17.7 Å². The maximum atomic E-state index is 11.4. The smallest absolute Gasteiger partial charge is 0.150 e. The standard InChI is InChI=1S/C26H23N3O/c1-3-6-25-28-26-18(2)13-20(17-30)14-24(26)29(25)16-19-9-11-21(12-10-19)23-8-5-4-7-22(23)15-27/h4-5,7-14,17H,3,6,16H2,1-2H3. The van der Waals surface area contributed by atoms with Crippen molar-refractivity contribution < 1.29 is 4.79 Å². The summed E-state index contributed by atoms with van der Waals surface area (Å²) in [5.41, 5.74) is 7.45. The molecule has 0 aliphatic rings. The van der Waals surface area contributed by atoms with Crippen LogP contribution in [0.25, 0.3) is 22.2 Å². The highest BCUT2D eigenvalue weighted by molar-refractivity contribution is 5.87. The predicted molar refractivity (Wildman–Crippen MR) is 120 cm³/mol. The molecule has 0 aliphatic heterocycles. The van der Waals surface area contributed by atoms with E-state index < -0.39 is 0 Å². The molecule has 0 amide bonds. The van der Waals surface area contributed by atoms with E-state index >= 15 is 0 Å². The zero-order valence-corrected chi connectivity index (χ0v) is 17.2. The fraction of sp³-hybridized carbons (Fsp3) is 0.192. The van der Waals surface area contributed by atoms with Crippen molar-refractivity contribution in [2.24, 2.45) is 0 Å². The van der Waals surface area contributed by atoms with Crippen LogP contribution in [0.2, 0.25) is 0 Å². The summed E-state index contributed by atoms with van der Waals surface area (Å²) < 4.78 is 2.22. The second-order valence-corrected chi connectivity index (χ2v) is 7.54. The lowest BCUT2D eigenvalue weighted by Crippen LogP contribution is -2.05. The van der Waals surface area contributed by atoms with Crippen LogP contribution in [0.15, 0.2) is 60.7 Å². The third-order valence-electron chi connectivity index (χ3n) is 5.41.